The van der Waals surface area contributed by atoms with Crippen molar-refractivity contribution in [3.05, 3.63) is 35.6 Å². The molecular weight excluding hydrogens is 308 g/mol. The smallest absolute Gasteiger partial charge is 0.297 e. The Kier molecular flexibility index (Phi) is 4.91. The first-order chi connectivity index (χ1) is 9.80. The molecule has 1 aliphatic carbocycles. The zero-order chi connectivity index (χ0) is 15.6. The molecule has 0 spiro atoms. The van der Waals surface area contributed by atoms with Gasteiger partial charge in [-0.1, -0.05) is 25.0 Å². The number of hydrogen-bond acceptors (Lipinski definition) is 1. The summed E-state index contributed by atoms with van der Waals surface area (Å²) in [6, 6.07) is 4.94. The maximum Gasteiger partial charge on any atom is 0.392 e. The number of benzene rings is 1. The van der Waals surface area contributed by atoms with E-state index in [1.807, 2.05) is 0 Å². The summed E-state index contributed by atoms with van der Waals surface area (Å²) in [5, 5.41) is -1.17. The molecule has 2 rings (SSSR count). The van der Waals surface area contributed by atoms with Gasteiger partial charge in [0.1, 0.15) is 11.2 Å². The summed E-state index contributed by atoms with van der Waals surface area (Å²) in [6.07, 6.45) is -3.16. The number of rotatable bonds is 3. The highest BCUT2D eigenvalue weighted by molar-refractivity contribution is 6.31. The van der Waals surface area contributed by atoms with E-state index in [1.54, 1.807) is 0 Å². The lowest BCUT2D eigenvalue weighted by atomic mass is 9.75. The standard InChI is InChI=1S/C15H15ClF4O/c16-13(9-5-7-10(17)8-6-9)14(21)11-3-1-2-4-12(11)15(18,19)20/h5-8,11-13H,1-4H2. The van der Waals surface area contributed by atoms with Crippen LogP contribution in [0.25, 0.3) is 0 Å². The summed E-state index contributed by atoms with van der Waals surface area (Å²) in [4.78, 5) is 12.3. The Morgan fingerprint density at radius 3 is 2.29 bits per heavy atom. The van der Waals surface area contributed by atoms with Crippen molar-refractivity contribution in [2.75, 3.05) is 0 Å². The molecule has 0 heterocycles. The Balaban J connectivity index is 2.18. The summed E-state index contributed by atoms with van der Waals surface area (Å²) < 4.78 is 51.9. The molecule has 0 aromatic heterocycles. The Hall–Kier alpha value is -1.10. The highest BCUT2D eigenvalue weighted by Crippen LogP contribution is 2.44. The van der Waals surface area contributed by atoms with Gasteiger partial charge in [0.15, 0.2) is 5.78 Å². The monoisotopic (exact) mass is 322 g/mol. The number of carbonyl (C=O) groups is 1. The van der Waals surface area contributed by atoms with E-state index in [9.17, 15) is 22.4 Å². The molecule has 0 bridgehead atoms. The van der Waals surface area contributed by atoms with Crippen molar-refractivity contribution >= 4 is 17.4 Å². The SMILES string of the molecule is O=C(C(Cl)c1ccc(F)cc1)C1CCCCC1C(F)(F)F. The number of carbonyl (C=O) groups excluding carboxylic acids is 1. The van der Waals surface area contributed by atoms with Crippen LogP contribution in [0.1, 0.15) is 36.6 Å². The van der Waals surface area contributed by atoms with Crippen molar-refractivity contribution in [1.82, 2.24) is 0 Å². The normalized spacial score (nSPS) is 24.6. The Morgan fingerprint density at radius 2 is 1.71 bits per heavy atom. The van der Waals surface area contributed by atoms with Gasteiger partial charge in [-0.05, 0) is 30.5 Å². The summed E-state index contributed by atoms with van der Waals surface area (Å²) in [5.41, 5.74) is 0.328. The van der Waals surface area contributed by atoms with Crippen LogP contribution in [0.15, 0.2) is 24.3 Å². The van der Waals surface area contributed by atoms with E-state index in [4.69, 9.17) is 11.6 Å². The minimum Gasteiger partial charge on any atom is -0.297 e. The van der Waals surface area contributed by atoms with Crippen LogP contribution < -0.4 is 0 Å². The maximum atomic E-state index is 13.0. The van der Waals surface area contributed by atoms with Gasteiger partial charge in [-0.25, -0.2) is 4.39 Å². The maximum absolute atomic E-state index is 13.0. The molecule has 1 aromatic carbocycles. The quantitative estimate of drug-likeness (QED) is 0.562. The topological polar surface area (TPSA) is 17.1 Å². The first kappa shape index (κ1) is 16.3. The van der Waals surface area contributed by atoms with Crippen molar-refractivity contribution in [3.63, 3.8) is 0 Å². The molecule has 1 nitrogen and oxygen atoms in total. The molecule has 3 unspecified atom stereocenters. The zero-order valence-corrected chi connectivity index (χ0v) is 11.9. The van der Waals surface area contributed by atoms with Gasteiger partial charge in [0.2, 0.25) is 0 Å². The highest BCUT2D eigenvalue weighted by atomic mass is 35.5. The Bertz CT molecular complexity index is 497. The second-order valence-corrected chi connectivity index (χ2v) is 5.79. The van der Waals surface area contributed by atoms with Crippen molar-refractivity contribution in [2.24, 2.45) is 11.8 Å². The fourth-order valence-corrected chi connectivity index (χ4v) is 3.15. The number of ketones is 1. The van der Waals surface area contributed by atoms with Gasteiger partial charge in [0, 0.05) is 5.92 Å². The first-order valence-electron chi connectivity index (χ1n) is 6.80. The van der Waals surface area contributed by atoms with Crippen LogP contribution in [-0.4, -0.2) is 12.0 Å². The van der Waals surface area contributed by atoms with Gasteiger partial charge in [-0.3, -0.25) is 4.79 Å². The number of alkyl halides is 4. The molecule has 3 atom stereocenters. The average Bonchev–Trinajstić information content (AvgIpc) is 2.45. The lowest BCUT2D eigenvalue weighted by Gasteiger charge is -2.33. The predicted octanol–water partition coefficient (Wildman–Crippen LogP) is 5.04. The molecule has 21 heavy (non-hydrogen) atoms. The first-order valence-corrected chi connectivity index (χ1v) is 7.24. The molecule has 116 valence electrons. The Labute approximate surface area is 125 Å². The van der Waals surface area contributed by atoms with Crippen molar-refractivity contribution < 1.29 is 22.4 Å². The minimum absolute atomic E-state index is 0.0348. The minimum atomic E-state index is -4.39. The summed E-state index contributed by atoms with van der Waals surface area (Å²) in [7, 11) is 0. The summed E-state index contributed by atoms with van der Waals surface area (Å²) in [6.45, 7) is 0. The van der Waals surface area contributed by atoms with E-state index in [2.05, 4.69) is 0 Å². The van der Waals surface area contributed by atoms with Gasteiger partial charge in [0.25, 0.3) is 0 Å². The second kappa shape index (κ2) is 6.34. The van der Waals surface area contributed by atoms with Crippen LogP contribution in [0.3, 0.4) is 0 Å². The van der Waals surface area contributed by atoms with Gasteiger partial charge >= 0.3 is 6.18 Å². The van der Waals surface area contributed by atoms with E-state index in [0.29, 0.717) is 18.4 Å². The zero-order valence-electron chi connectivity index (χ0n) is 11.2. The van der Waals surface area contributed by atoms with Gasteiger partial charge < -0.3 is 0 Å². The van der Waals surface area contributed by atoms with Gasteiger partial charge in [0.05, 0.1) is 5.92 Å². The molecule has 6 heteroatoms. The number of hydrogen-bond donors (Lipinski definition) is 0. The average molecular weight is 323 g/mol. The fraction of sp³-hybridized carbons (Fsp3) is 0.533. The molecular formula is C15H15ClF4O. The molecule has 0 amide bonds. The van der Waals surface area contributed by atoms with Crippen LogP contribution in [0.2, 0.25) is 0 Å². The second-order valence-electron chi connectivity index (χ2n) is 5.36. The van der Waals surface area contributed by atoms with Crippen LogP contribution >= 0.6 is 11.6 Å². The van der Waals surface area contributed by atoms with Gasteiger partial charge in [-0.15, -0.1) is 11.6 Å². The van der Waals surface area contributed by atoms with Crippen LogP contribution in [0, 0.1) is 17.7 Å². The van der Waals surface area contributed by atoms with Crippen LogP contribution in [-0.2, 0) is 4.79 Å². The molecule has 0 N–H and O–H groups in total. The lowest BCUT2D eigenvalue weighted by molar-refractivity contribution is -0.197. The van der Waals surface area contributed by atoms with E-state index in [1.165, 1.54) is 12.1 Å². The molecule has 1 saturated carbocycles. The van der Waals surface area contributed by atoms with Crippen molar-refractivity contribution in [1.29, 1.82) is 0 Å². The van der Waals surface area contributed by atoms with E-state index in [0.717, 1.165) is 12.1 Å². The van der Waals surface area contributed by atoms with Crippen LogP contribution in [0.4, 0.5) is 17.6 Å². The van der Waals surface area contributed by atoms with Crippen LogP contribution in [0.5, 0.6) is 0 Å². The largest absolute Gasteiger partial charge is 0.392 e. The number of halogens is 5. The third-order valence-electron chi connectivity index (χ3n) is 3.96. The molecule has 1 aromatic rings. The van der Waals surface area contributed by atoms with Crippen molar-refractivity contribution in [3.8, 4) is 0 Å². The van der Waals surface area contributed by atoms with E-state index < -0.39 is 35.0 Å². The predicted molar refractivity (Wildman–Crippen MR) is 71.5 cm³/mol. The molecule has 0 radical (unpaired) electrons. The third-order valence-corrected chi connectivity index (χ3v) is 4.43. The summed E-state index contributed by atoms with van der Waals surface area (Å²) >= 11 is 6.02. The number of Topliss-reactive ketones (excluding diaryl/α,β-unsaturated/α-hetero) is 1. The van der Waals surface area contributed by atoms with Gasteiger partial charge in [-0.2, -0.15) is 13.2 Å². The molecule has 1 aliphatic rings. The molecule has 0 aliphatic heterocycles. The van der Waals surface area contributed by atoms with E-state index in [-0.39, 0.29) is 12.8 Å². The fourth-order valence-electron chi connectivity index (χ4n) is 2.85. The highest BCUT2D eigenvalue weighted by Gasteiger charge is 2.48. The Morgan fingerprint density at radius 1 is 1.14 bits per heavy atom. The summed E-state index contributed by atoms with van der Waals surface area (Å²) in [5.74, 6) is -3.84. The molecule has 1 fully saturated rings. The molecule has 0 saturated heterocycles. The lowest BCUT2D eigenvalue weighted by Crippen LogP contribution is -2.38. The third kappa shape index (κ3) is 3.76. The van der Waals surface area contributed by atoms with Crippen molar-refractivity contribution in [2.45, 2.75) is 37.2 Å². The van der Waals surface area contributed by atoms with E-state index >= 15 is 0 Å².